The van der Waals surface area contributed by atoms with Crippen LogP contribution in [0, 0.1) is 0 Å². The lowest BCUT2D eigenvalue weighted by Crippen LogP contribution is -2.22. The summed E-state index contributed by atoms with van der Waals surface area (Å²) in [7, 11) is 0. The van der Waals surface area contributed by atoms with E-state index in [-0.39, 0.29) is 5.41 Å². The van der Waals surface area contributed by atoms with Crippen molar-refractivity contribution >= 4 is 21.9 Å². The molecule has 10 aromatic rings. The standard InChI is InChI=1S/C54H36N2O/c1-54(39-17-6-3-7-18-39)47-25-12-10-20-42(47)43-32-31-38(33-48(43)54)49-34-50(56-53(55-49)37-15-4-2-5-16-37)44-21-9-8-19-40(44)35-27-29-36(30-28-35)41-23-14-24-46-45-22-11-13-26-51(45)57-52(41)46/h2-34H,1H3. The van der Waals surface area contributed by atoms with Gasteiger partial charge in [0.2, 0.25) is 0 Å². The Morgan fingerprint density at radius 3 is 1.77 bits per heavy atom. The van der Waals surface area contributed by atoms with E-state index in [0.717, 1.165) is 72.3 Å². The van der Waals surface area contributed by atoms with Gasteiger partial charge in [0.15, 0.2) is 5.82 Å². The van der Waals surface area contributed by atoms with Crippen LogP contribution in [-0.4, -0.2) is 9.97 Å². The van der Waals surface area contributed by atoms with Gasteiger partial charge < -0.3 is 4.42 Å². The summed E-state index contributed by atoms with van der Waals surface area (Å²) in [6.07, 6.45) is 0. The van der Waals surface area contributed by atoms with E-state index in [1.165, 1.54) is 27.8 Å². The molecule has 1 unspecified atom stereocenters. The lowest BCUT2D eigenvalue weighted by molar-refractivity contribution is 0.670. The van der Waals surface area contributed by atoms with Crippen LogP contribution in [0.4, 0.5) is 0 Å². The van der Waals surface area contributed by atoms with Gasteiger partial charge in [-0.2, -0.15) is 0 Å². The molecular formula is C54H36N2O. The van der Waals surface area contributed by atoms with Crippen LogP contribution < -0.4 is 0 Å². The van der Waals surface area contributed by atoms with Crippen LogP contribution in [0.25, 0.3) is 89.2 Å². The van der Waals surface area contributed by atoms with Gasteiger partial charge in [-0.25, -0.2) is 9.97 Å². The van der Waals surface area contributed by atoms with Crippen molar-refractivity contribution in [3.05, 3.63) is 217 Å². The van der Waals surface area contributed by atoms with Crippen LogP contribution in [0.1, 0.15) is 23.6 Å². The van der Waals surface area contributed by atoms with E-state index in [2.05, 4.69) is 177 Å². The van der Waals surface area contributed by atoms with Crippen molar-refractivity contribution in [2.45, 2.75) is 12.3 Å². The smallest absolute Gasteiger partial charge is 0.160 e. The van der Waals surface area contributed by atoms with Gasteiger partial charge >= 0.3 is 0 Å². The summed E-state index contributed by atoms with van der Waals surface area (Å²) >= 11 is 0. The maximum Gasteiger partial charge on any atom is 0.160 e. The quantitative estimate of drug-likeness (QED) is 0.171. The van der Waals surface area contributed by atoms with E-state index >= 15 is 0 Å². The molecule has 8 aromatic carbocycles. The summed E-state index contributed by atoms with van der Waals surface area (Å²) in [5.41, 5.74) is 17.2. The predicted octanol–water partition coefficient (Wildman–Crippen LogP) is 14.0. The maximum absolute atomic E-state index is 6.39. The summed E-state index contributed by atoms with van der Waals surface area (Å²) in [5, 5.41) is 2.26. The van der Waals surface area contributed by atoms with Crippen LogP contribution >= 0.6 is 0 Å². The maximum atomic E-state index is 6.39. The van der Waals surface area contributed by atoms with Gasteiger partial charge in [-0.15, -0.1) is 0 Å². The number of aromatic nitrogens is 2. The molecular weight excluding hydrogens is 693 g/mol. The zero-order valence-electron chi connectivity index (χ0n) is 31.4. The molecule has 1 atom stereocenters. The Morgan fingerprint density at radius 2 is 0.965 bits per heavy atom. The Labute approximate surface area is 331 Å². The van der Waals surface area contributed by atoms with Gasteiger partial charge in [-0.05, 0) is 69.6 Å². The second-order valence-electron chi connectivity index (χ2n) is 15.0. The van der Waals surface area contributed by atoms with E-state index in [4.69, 9.17) is 14.4 Å². The van der Waals surface area contributed by atoms with Gasteiger partial charge in [0.05, 0.1) is 11.4 Å². The highest BCUT2D eigenvalue weighted by atomic mass is 16.3. The molecule has 268 valence electrons. The first-order chi connectivity index (χ1) is 28.1. The van der Waals surface area contributed by atoms with Crippen molar-refractivity contribution in [1.82, 2.24) is 9.97 Å². The Hall–Kier alpha value is -7.36. The molecule has 1 aliphatic rings. The van der Waals surface area contributed by atoms with E-state index in [1.54, 1.807) is 0 Å². The molecule has 0 saturated heterocycles. The number of benzene rings is 8. The van der Waals surface area contributed by atoms with Crippen molar-refractivity contribution in [1.29, 1.82) is 0 Å². The molecule has 0 aliphatic heterocycles. The molecule has 0 amide bonds. The molecule has 0 radical (unpaired) electrons. The molecule has 0 spiro atoms. The fourth-order valence-electron chi connectivity index (χ4n) is 8.95. The van der Waals surface area contributed by atoms with Gasteiger partial charge in [-0.1, -0.05) is 182 Å². The third-order valence-electron chi connectivity index (χ3n) is 11.8. The fourth-order valence-corrected chi connectivity index (χ4v) is 8.95. The summed E-state index contributed by atoms with van der Waals surface area (Å²) in [5.74, 6) is 0.696. The largest absolute Gasteiger partial charge is 0.455 e. The summed E-state index contributed by atoms with van der Waals surface area (Å²) in [6.45, 7) is 2.36. The second-order valence-corrected chi connectivity index (χ2v) is 15.0. The minimum absolute atomic E-state index is 0.310. The summed E-state index contributed by atoms with van der Waals surface area (Å²) in [6, 6.07) is 71.0. The number of fused-ring (bicyclic) bond motifs is 6. The Balaban J connectivity index is 1.04. The highest BCUT2D eigenvalue weighted by molar-refractivity contribution is 6.09. The second kappa shape index (κ2) is 13.1. The Bertz CT molecular complexity index is 3130. The van der Waals surface area contributed by atoms with Gasteiger partial charge in [0.1, 0.15) is 11.2 Å². The first-order valence-electron chi connectivity index (χ1n) is 19.5. The average Bonchev–Trinajstić information content (AvgIpc) is 3.80. The summed E-state index contributed by atoms with van der Waals surface area (Å²) < 4.78 is 6.39. The Morgan fingerprint density at radius 1 is 0.386 bits per heavy atom. The number of hydrogen-bond donors (Lipinski definition) is 0. The summed E-state index contributed by atoms with van der Waals surface area (Å²) in [4.78, 5) is 10.5. The van der Waals surface area contributed by atoms with Crippen molar-refractivity contribution in [2.75, 3.05) is 0 Å². The number of nitrogens with zero attached hydrogens (tertiary/aromatic N) is 2. The number of hydrogen-bond acceptors (Lipinski definition) is 3. The molecule has 3 heteroatoms. The fraction of sp³-hybridized carbons (Fsp3) is 0.0370. The lowest BCUT2D eigenvalue weighted by atomic mass is 9.74. The van der Waals surface area contributed by atoms with Crippen molar-refractivity contribution in [3.63, 3.8) is 0 Å². The molecule has 1 aliphatic carbocycles. The number of furan rings is 1. The molecule has 0 N–H and O–H groups in total. The monoisotopic (exact) mass is 728 g/mol. The predicted molar refractivity (Wildman–Crippen MR) is 234 cm³/mol. The minimum Gasteiger partial charge on any atom is -0.455 e. The van der Waals surface area contributed by atoms with Crippen molar-refractivity contribution in [2.24, 2.45) is 0 Å². The molecule has 0 bridgehead atoms. The van der Waals surface area contributed by atoms with Crippen molar-refractivity contribution < 1.29 is 4.42 Å². The molecule has 2 heterocycles. The normalized spacial score (nSPS) is 14.5. The van der Waals surface area contributed by atoms with Crippen LogP contribution in [0.3, 0.4) is 0 Å². The lowest BCUT2D eigenvalue weighted by Gasteiger charge is -2.28. The average molecular weight is 729 g/mol. The molecule has 11 rings (SSSR count). The van der Waals surface area contributed by atoms with E-state index < -0.39 is 0 Å². The number of para-hydroxylation sites is 2. The van der Waals surface area contributed by atoms with Gasteiger partial charge in [-0.3, -0.25) is 0 Å². The molecule has 3 nitrogen and oxygen atoms in total. The van der Waals surface area contributed by atoms with E-state index in [1.807, 2.05) is 30.3 Å². The Kier molecular flexibility index (Phi) is 7.61. The molecule has 2 aromatic heterocycles. The molecule has 57 heavy (non-hydrogen) atoms. The van der Waals surface area contributed by atoms with Crippen LogP contribution in [0.15, 0.2) is 205 Å². The highest BCUT2D eigenvalue weighted by Gasteiger charge is 2.40. The zero-order chi connectivity index (χ0) is 37.9. The van der Waals surface area contributed by atoms with Gasteiger partial charge in [0.25, 0.3) is 0 Å². The third-order valence-corrected chi connectivity index (χ3v) is 11.8. The molecule has 0 saturated carbocycles. The first-order valence-corrected chi connectivity index (χ1v) is 19.5. The van der Waals surface area contributed by atoms with Crippen LogP contribution in [0.2, 0.25) is 0 Å². The minimum atomic E-state index is -0.310. The SMILES string of the molecule is CC1(c2ccccc2)c2ccccc2-c2ccc(-c3cc(-c4ccccc4-c4ccc(-c5cccc6c5oc5ccccc56)cc4)nc(-c4ccccc4)n3)cc21. The zero-order valence-corrected chi connectivity index (χ0v) is 31.4. The molecule has 0 fully saturated rings. The number of rotatable bonds is 6. The van der Waals surface area contributed by atoms with Crippen LogP contribution in [0.5, 0.6) is 0 Å². The third kappa shape index (κ3) is 5.35. The van der Waals surface area contributed by atoms with Crippen LogP contribution in [-0.2, 0) is 5.41 Å². The topological polar surface area (TPSA) is 38.9 Å². The van der Waals surface area contributed by atoms with E-state index in [0.29, 0.717) is 5.82 Å². The van der Waals surface area contributed by atoms with E-state index in [9.17, 15) is 0 Å². The first kappa shape index (κ1) is 33.0. The van der Waals surface area contributed by atoms with Gasteiger partial charge in [0, 0.05) is 38.4 Å². The highest BCUT2D eigenvalue weighted by Crippen LogP contribution is 2.53. The van der Waals surface area contributed by atoms with Crippen molar-refractivity contribution in [3.8, 4) is 67.3 Å².